The fourth-order valence-corrected chi connectivity index (χ4v) is 3.01. The van der Waals surface area contributed by atoms with Crippen molar-refractivity contribution in [3.8, 4) is 5.69 Å². The van der Waals surface area contributed by atoms with Crippen LogP contribution >= 0.6 is 0 Å². The summed E-state index contributed by atoms with van der Waals surface area (Å²) in [5.41, 5.74) is 0.273. The van der Waals surface area contributed by atoms with Gasteiger partial charge in [0.05, 0.1) is 24.1 Å². The van der Waals surface area contributed by atoms with Crippen LogP contribution in [0.2, 0.25) is 0 Å². The number of rotatable bonds is 5. The van der Waals surface area contributed by atoms with Gasteiger partial charge in [-0.1, -0.05) is 18.2 Å². The Morgan fingerprint density at radius 2 is 2.08 bits per heavy atom. The van der Waals surface area contributed by atoms with Crippen molar-refractivity contribution < 1.29 is 19.4 Å². The third kappa shape index (κ3) is 2.90. The maximum absolute atomic E-state index is 12.6. The number of para-hydroxylation sites is 1. The average molecular weight is 329 g/mol. The summed E-state index contributed by atoms with van der Waals surface area (Å²) in [5.74, 6) is -1.14. The molecular formula is C17H19N3O4. The van der Waals surface area contributed by atoms with Gasteiger partial charge in [0, 0.05) is 26.4 Å². The highest BCUT2D eigenvalue weighted by Crippen LogP contribution is 2.32. The second-order valence-corrected chi connectivity index (χ2v) is 6.00. The molecule has 1 fully saturated rings. The quantitative estimate of drug-likeness (QED) is 0.897. The van der Waals surface area contributed by atoms with Gasteiger partial charge in [0.1, 0.15) is 5.41 Å². The van der Waals surface area contributed by atoms with E-state index in [1.807, 2.05) is 30.3 Å². The highest BCUT2D eigenvalue weighted by atomic mass is 16.5. The molecule has 1 aliphatic rings. The Kier molecular flexibility index (Phi) is 4.35. The van der Waals surface area contributed by atoms with E-state index in [2.05, 4.69) is 5.10 Å². The number of hydrogen-bond acceptors (Lipinski definition) is 4. The number of benzene rings is 1. The fourth-order valence-electron chi connectivity index (χ4n) is 3.01. The highest BCUT2D eigenvalue weighted by molar-refractivity contribution is 5.94. The molecule has 1 N–H and O–H groups in total. The van der Waals surface area contributed by atoms with Crippen LogP contribution in [0.1, 0.15) is 16.8 Å². The van der Waals surface area contributed by atoms with Gasteiger partial charge < -0.3 is 14.7 Å². The standard InChI is InChI=1S/C17H19N3O4/c1-24-12-17(16(22)23)7-8-19(11-17)15(21)13-9-18-20(10-13)14-5-3-2-4-6-14/h2-6,9-10H,7-8,11-12H2,1H3,(H,22,23). The van der Waals surface area contributed by atoms with Crippen molar-refractivity contribution in [2.24, 2.45) is 5.41 Å². The van der Waals surface area contributed by atoms with Gasteiger partial charge in [-0.05, 0) is 18.6 Å². The zero-order chi connectivity index (χ0) is 17.2. The summed E-state index contributed by atoms with van der Waals surface area (Å²) >= 11 is 0. The van der Waals surface area contributed by atoms with E-state index < -0.39 is 11.4 Å². The Bertz CT molecular complexity index is 743. The molecule has 1 aliphatic heterocycles. The van der Waals surface area contributed by atoms with Gasteiger partial charge in [0.25, 0.3) is 5.91 Å². The SMILES string of the molecule is COCC1(C(=O)O)CCN(C(=O)c2cnn(-c3ccccc3)c2)C1. The van der Waals surface area contributed by atoms with Crippen LogP contribution in [0.5, 0.6) is 0 Å². The van der Waals surface area contributed by atoms with E-state index >= 15 is 0 Å². The van der Waals surface area contributed by atoms with E-state index in [0.29, 0.717) is 18.5 Å². The first-order valence-electron chi connectivity index (χ1n) is 7.67. The van der Waals surface area contributed by atoms with Crippen molar-refractivity contribution in [3.63, 3.8) is 0 Å². The monoisotopic (exact) mass is 329 g/mol. The average Bonchev–Trinajstić information content (AvgIpc) is 3.23. The summed E-state index contributed by atoms with van der Waals surface area (Å²) in [7, 11) is 1.47. The third-order valence-corrected chi connectivity index (χ3v) is 4.37. The summed E-state index contributed by atoms with van der Waals surface area (Å²) < 4.78 is 6.68. The van der Waals surface area contributed by atoms with E-state index in [0.717, 1.165) is 5.69 Å². The molecule has 7 heteroatoms. The molecule has 1 aromatic carbocycles. The van der Waals surface area contributed by atoms with Crippen LogP contribution in [0.4, 0.5) is 0 Å². The van der Waals surface area contributed by atoms with Gasteiger partial charge in [-0.25, -0.2) is 4.68 Å². The minimum absolute atomic E-state index is 0.0926. The summed E-state index contributed by atoms with van der Waals surface area (Å²) in [5, 5.41) is 13.7. The van der Waals surface area contributed by atoms with Crippen LogP contribution in [0, 0.1) is 5.41 Å². The molecule has 3 rings (SSSR count). The van der Waals surface area contributed by atoms with Gasteiger partial charge in [0.2, 0.25) is 0 Å². The van der Waals surface area contributed by atoms with Gasteiger partial charge in [-0.15, -0.1) is 0 Å². The Hall–Kier alpha value is -2.67. The molecule has 1 amide bonds. The smallest absolute Gasteiger partial charge is 0.313 e. The zero-order valence-electron chi connectivity index (χ0n) is 13.4. The Labute approximate surface area is 139 Å². The number of nitrogens with zero attached hydrogens (tertiary/aromatic N) is 3. The number of hydrogen-bond donors (Lipinski definition) is 1. The molecule has 126 valence electrons. The van der Waals surface area contributed by atoms with Crippen LogP contribution in [0.3, 0.4) is 0 Å². The Morgan fingerprint density at radius 3 is 2.75 bits per heavy atom. The van der Waals surface area contributed by atoms with Gasteiger partial charge >= 0.3 is 5.97 Å². The lowest BCUT2D eigenvalue weighted by atomic mass is 9.88. The van der Waals surface area contributed by atoms with Crippen LogP contribution < -0.4 is 0 Å². The summed E-state index contributed by atoms with van der Waals surface area (Å²) in [6.45, 7) is 0.631. The number of aliphatic carboxylic acids is 1. The third-order valence-electron chi connectivity index (χ3n) is 4.37. The molecule has 24 heavy (non-hydrogen) atoms. The van der Waals surface area contributed by atoms with E-state index in [1.54, 1.807) is 15.8 Å². The molecule has 1 aromatic heterocycles. The molecule has 0 bridgehead atoms. The van der Waals surface area contributed by atoms with Crippen LogP contribution in [0.25, 0.3) is 5.69 Å². The van der Waals surface area contributed by atoms with Crippen molar-refractivity contribution in [2.75, 3.05) is 26.8 Å². The molecule has 0 radical (unpaired) electrons. The second-order valence-electron chi connectivity index (χ2n) is 6.00. The summed E-state index contributed by atoms with van der Waals surface area (Å²) in [4.78, 5) is 25.8. The number of ether oxygens (including phenoxy) is 1. The summed E-state index contributed by atoms with van der Waals surface area (Å²) in [6, 6.07) is 9.48. The molecular weight excluding hydrogens is 310 g/mol. The van der Waals surface area contributed by atoms with E-state index in [4.69, 9.17) is 4.74 Å². The number of carbonyl (C=O) groups is 2. The molecule has 1 atom stereocenters. The molecule has 0 spiro atoms. The van der Waals surface area contributed by atoms with Crippen molar-refractivity contribution in [1.82, 2.24) is 14.7 Å². The Morgan fingerprint density at radius 1 is 1.33 bits per heavy atom. The number of methoxy groups -OCH3 is 1. The molecule has 7 nitrogen and oxygen atoms in total. The van der Waals surface area contributed by atoms with E-state index in [9.17, 15) is 14.7 Å². The number of carboxylic acid groups (broad SMARTS) is 1. The van der Waals surface area contributed by atoms with Crippen molar-refractivity contribution >= 4 is 11.9 Å². The first-order valence-corrected chi connectivity index (χ1v) is 7.67. The lowest BCUT2D eigenvalue weighted by Gasteiger charge is -2.23. The van der Waals surface area contributed by atoms with Crippen LogP contribution in [0.15, 0.2) is 42.7 Å². The lowest BCUT2D eigenvalue weighted by Crippen LogP contribution is -2.40. The first-order chi connectivity index (χ1) is 11.6. The van der Waals surface area contributed by atoms with Crippen molar-refractivity contribution in [2.45, 2.75) is 6.42 Å². The molecule has 0 aliphatic carbocycles. The number of aromatic nitrogens is 2. The van der Waals surface area contributed by atoms with Gasteiger partial charge in [-0.2, -0.15) is 5.10 Å². The maximum Gasteiger partial charge on any atom is 0.313 e. The number of likely N-dealkylation sites (tertiary alicyclic amines) is 1. The van der Waals surface area contributed by atoms with E-state index in [1.165, 1.54) is 13.3 Å². The Balaban J connectivity index is 1.76. The predicted molar refractivity (Wildman–Crippen MR) is 86.0 cm³/mol. The maximum atomic E-state index is 12.6. The number of amides is 1. The topological polar surface area (TPSA) is 84.7 Å². The largest absolute Gasteiger partial charge is 0.481 e. The van der Waals surface area contributed by atoms with Gasteiger partial charge in [0.15, 0.2) is 0 Å². The molecule has 1 saturated heterocycles. The minimum atomic E-state index is -1.03. The van der Waals surface area contributed by atoms with Gasteiger partial charge in [-0.3, -0.25) is 9.59 Å². The first kappa shape index (κ1) is 16.2. The normalized spacial score (nSPS) is 20.3. The molecule has 2 heterocycles. The number of carboxylic acids is 1. The van der Waals surface area contributed by atoms with Crippen LogP contribution in [-0.2, 0) is 9.53 Å². The molecule has 1 unspecified atom stereocenters. The molecule has 0 saturated carbocycles. The minimum Gasteiger partial charge on any atom is -0.481 e. The zero-order valence-corrected chi connectivity index (χ0v) is 13.4. The lowest BCUT2D eigenvalue weighted by molar-refractivity contribution is -0.151. The van der Waals surface area contributed by atoms with Crippen molar-refractivity contribution in [1.29, 1.82) is 0 Å². The fraction of sp³-hybridized carbons (Fsp3) is 0.353. The summed E-state index contributed by atoms with van der Waals surface area (Å²) in [6.07, 6.45) is 3.55. The second kappa shape index (κ2) is 6.45. The number of carbonyl (C=O) groups excluding carboxylic acids is 1. The highest BCUT2D eigenvalue weighted by Gasteiger charge is 2.46. The van der Waals surface area contributed by atoms with Crippen molar-refractivity contribution in [3.05, 3.63) is 48.3 Å². The van der Waals surface area contributed by atoms with E-state index in [-0.39, 0.29) is 19.1 Å². The predicted octanol–water partition coefficient (Wildman–Crippen LogP) is 1.44. The van der Waals surface area contributed by atoms with Crippen LogP contribution in [-0.4, -0.2) is 58.5 Å². The molecule has 2 aromatic rings.